The first-order valence-electron chi connectivity index (χ1n) is 9.62. The fourth-order valence-electron chi connectivity index (χ4n) is 3.21. The fraction of sp³-hybridized carbons (Fsp3) is 0.0435. The first-order chi connectivity index (χ1) is 15.3. The molecule has 3 N–H and O–H groups in total. The lowest BCUT2D eigenvalue weighted by molar-refractivity contribution is -0.115. The van der Waals surface area contributed by atoms with Crippen LogP contribution in [0.25, 0.3) is 16.9 Å². The van der Waals surface area contributed by atoms with Crippen LogP contribution in [0.5, 0.6) is 0 Å². The number of hydrogen-bond acceptors (Lipinski definition) is 4. The van der Waals surface area contributed by atoms with E-state index in [0.29, 0.717) is 28.3 Å². The molecule has 0 fully saturated rings. The highest BCUT2D eigenvalue weighted by Gasteiger charge is 2.16. The van der Waals surface area contributed by atoms with Crippen LogP contribution in [-0.2, 0) is 21.2 Å². The standard InChI is InChI=1S/C23H19FN4O3S/c24-17-8-6-16(7-9-17)22-14-19(15-23(29)26-18-4-2-1-3-5-18)27-28(22)20-10-12-21(13-11-20)32(25,30)31/h1-14H,15H2,(H,26,29)(H2,25,30,31). The van der Waals surface area contributed by atoms with Crippen molar-refractivity contribution in [3.05, 3.63) is 96.4 Å². The van der Waals surface area contributed by atoms with Gasteiger partial charge >= 0.3 is 0 Å². The number of sulfonamides is 1. The van der Waals surface area contributed by atoms with Crippen molar-refractivity contribution in [3.63, 3.8) is 0 Å². The fourth-order valence-corrected chi connectivity index (χ4v) is 3.72. The van der Waals surface area contributed by atoms with Gasteiger partial charge in [0.1, 0.15) is 5.82 Å². The number of benzene rings is 3. The first-order valence-corrected chi connectivity index (χ1v) is 11.2. The molecular weight excluding hydrogens is 431 g/mol. The van der Waals surface area contributed by atoms with Gasteiger partial charge in [-0.05, 0) is 66.7 Å². The van der Waals surface area contributed by atoms with Crippen molar-refractivity contribution in [1.82, 2.24) is 9.78 Å². The van der Waals surface area contributed by atoms with Gasteiger partial charge in [0.2, 0.25) is 15.9 Å². The average Bonchev–Trinajstić information content (AvgIpc) is 3.18. The van der Waals surface area contributed by atoms with Gasteiger partial charge in [-0.2, -0.15) is 5.10 Å². The van der Waals surface area contributed by atoms with Crippen LogP contribution in [0, 0.1) is 5.82 Å². The van der Waals surface area contributed by atoms with E-state index in [1.807, 2.05) is 18.2 Å². The minimum absolute atomic E-state index is 0.0192. The molecule has 1 heterocycles. The number of anilines is 1. The molecule has 0 bridgehead atoms. The van der Waals surface area contributed by atoms with E-state index >= 15 is 0 Å². The third-order valence-electron chi connectivity index (χ3n) is 4.71. The van der Waals surface area contributed by atoms with Gasteiger partial charge in [-0.25, -0.2) is 22.6 Å². The number of carbonyl (C=O) groups is 1. The number of primary sulfonamides is 1. The topological polar surface area (TPSA) is 107 Å². The van der Waals surface area contributed by atoms with E-state index in [1.54, 1.807) is 47.1 Å². The predicted molar refractivity (Wildman–Crippen MR) is 119 cm³/mol. The van der Waals surface area contributed by atoms with Crippen LogP contribution in [0.4, 0.5) is 10.1 Å². The van der Waals surface area contributed by atoms with E-state index in [0.717, 1.165) is 0 Å². The van der Waals surface area contributed by atoms with Crippen LogP contribution in [0.1, 0.15) is 5.69 Å². The van der Waals surface area contributed by atoms with Crippen LogP contribution in [0.3, 0.4) is 0 Å². The summed E-state index contributed by atoms with van der Waals surface area (Å²) in [6, 6.07) is 22.6. The molecule has 0 saturated heterocycles. The van der Waals surface area contributed by atoms with E-state index in [-0.39, 0.29) is 23.0 Å². The van der Waals surface area contributed by atoms with E-state index < -0.39 is 10.0 Å². The number of carbonyl (C=O) groups excluding carboxylic acids is 1. The Balaban J connectivity index is 1.68. The number of amides is 1. The van der Waals surface area contributed by atoms with Crippen molar-refractivity contribution in [2.75, 3.05) is 5.32 Å². The van der Waals surface area contributed by atoms with Crippen LogP contribution in [0.2, 0.25) is 0 Å². The Morgan fingerprint density at radius 1 is 0.969 bits per heavy atom. The number of halogens is 1. The summed E-state index contributed by atoms with van der Waals surface area (Å²) in [6.07, 6.45) is 0.0192. The van der Waals surface area contributed by atoms with E-state index in [1.165, 1.54) is 24.3 Å². The highest BCUT2D eigenvalue weighted by atomic mass is 32.2. The Hall–Kier alpha value is -3.82. The minimum atomic E-state index is -3.83. The maximum Gasteiger partial charge on any atom is 0.238 e. The molecule has 9 heteroatoms. The summed E-state index contributed by atoms with van der Waals surface area (Å²) >= 11 is 0. The number of rotatable bonds is 6. The highest BCUT2D eigenvalue weighted by molar-refractivity contribution is 7.89. The van der Waals surface area contributed by atoms with Crippen molar-refractivity contribution in [1.29, 1.82) is 0 Å². The monoisotopic (exact) mass is 450 g/mol. The summed E-state index contributed by atoms with van der Waals surface area (Å²) in [5.41, 5.74) is 3.04. The molecule has 1 amide bonds. The van der Waals surface area contributed by atoms with Crippen molar-refractivity contribution < 1.29 is 17.6 Å². The number of hydrogen-bond donors (Lipinski definition) is 2. The Morgan fingerprint density at radius 3 is 2.25 bits per heavy atom. The smallest absolute Gasteiger partial charge is 0.238 e. The molecule has 1 aromatic heterocycles. The summed E-state index contributed by atoms with van der Waals surface area (Å²) in [6.45, 7) is 0. The molecule has 4 aromatic rings. The Labute approximate surface area is 184 Å². The molecule has 7 nitrogen and oxygen atoms in total. The van der Waals surface area contributed by atoms with Gasteiger partial charge in [0.25, 0.3) is 0 Å². The molecule has 0 unspecified atom stereocenters. The van der Waals surface area contributed by atoms with Gasteiger partial charge in [-0.3, -0.25) is 4.79 Å². The summed E-state index contributed by atoms with van der Waals surface area (Å²) in [4.78, 5) is 12.5. The lowest BCUT2D eigenvalue weighted by Gasteiger charge is -2.08. The number of nitrogens with two attached hydrogens (primary N) is 1. The van der Waals surface area contributed by atoms with Gasteiger partial charge in [-0.15, -0.1) is 0 Å². The number of aromatic nitrogens is 2. The van der Waals surface area contributed by atoms with E-state index in [4.69, 9.17) is 5.14 Å². The van der Waals surface area contributed by atoms with Crippen LogP contribution in [-0.4, -0.2) is 24.1 Å². The lowest BCUT2D eigenvalue weighted by Crippen LogP contribution is -2.14. The maximum atomic E-state index is 13.4. The van der Waals surface area contributed by atoms with Crippen molar-refractivity contribution in [3.8, 4) is 16.9 Å². The largest absolute Gasteiger partial charge is 0.326 e. The molecule has 0 radical (unpaired) electrons. The van der Waals surface area contributed by atoms with Gasteiger partial charge < -0.3 is 5.32 Å². The molecule has 0 aliphatic rings. The summed E-state index contributed by atoms with van der Waals surface area (Å²) < 4.78 is 38.1. The SMILES string of the molecule is NS(=O)(=O)c1ccc(-n2nc(CC(=O)Nc3ccccc3)cc2-c2ccc(F)cc2)cc1. The molecule has 0 aliphatic carbocycles. The predicted octanol–water partition coefficient (Wildman–Crippen LogP) is 3.51. The summed E-state index contributed by atoms with van der Waals surface area (Å²) in [5.74, 6) is -0.615. The van der Waals surface area contributed by atoms with Gasteiger partial charge in [0.15, 0.2) is 0 Å². The lowest BCUT2D eigenvalue weighted by atomic mass is 10.1. The van der Waals surface area contributed by atoms with Gasteiger partial charge in [-0.1, -0.05) is 18.2 Å². The van der Waals surface area contributed by atoms with Crippen molar-refractivity contribution in [2.24, 2.45) is 5.14 Å². The first kappa shape index (κ1) is 21.4. The zero-order valence-corrected chi connectivity index (χ0v) is 17.6. The van der Waals surface area contributed by atoms with Gasteiger partial charge in [0.05, 0.1) is 28.4 Å². The second kappa shape index (κ2) is 8.74. The number of nitrogens with one attached hydrogen (secondary N) is 1. The average molecular weight is 450 g/mol. The van der Waals surface area contributed by atoms with Gasteiger partial charge in [0, 0.05) is 11.3 Å². The highest BCUT2D eigenvalue weighted by Crippen LogP contribution is 2.25. The third-order valence-corrected chi connectivity index (χ3v) is 5.64. The summed E-state index contributed by atoms with van der Waals surface area (Å²) in [5, 5.41) is 12.5. The molecule has 0 saturated carbocycles. The van der Waals surface area contributed by atoms with Crippen LogP contribution >= 0.6 is 0 Å². The third kappa shape index (κ3) is 4.90. The molecule has 4 rings (SSSR count). The number of nitrogens with zero attached hydrogens (tertiary/aromatic N) is 2. The van der Waals surface area contributed by atoms with Crippen molar-refractivity contribution in [2.45, 2.75) is 11.3 Å². The molecular formula is C23H19FN4O3S. The van der Waals surface area contributed by atoms with Crippen LogP contribution in [0.15, 0.2) is 89.8 Å². The molecule has 0 aliphatic heterocycles. The summed E-state index contributed by atoms with van der Waals surface area (Å²) in [7, 11) is -3.83. The zero-order valence-electron chi connectivity index (χ0n) is 16.8. The van der Waals surface area contributed by atoms with Crippen LogP contribution < -0.4 is 10.5 Å². The van der Waals surface area contributed by atoms with E-state index in [9.17, 15) is 17.6 Å². The van der Waals surface area contributed by atoms with Crippen molar-refractivity contribution >= 4 is 21.6 Å². The Morgan fingerprint density at radius 2 is 1.62 bits per heavy atom. The molecule has 162 valence electrons. The second-order valence-corrected chi connectivity index (χ2v) is 8.63. The molecule has 3 aromatic carbocycles. The number of para-hydroxylation sites is 1. The molecule has 0 spiro atoms. The minimum Gasteiger partial charge on any atom is -0.326 e. The second-order valence-electron chi connectivity index (χ2n) is 7.07. The quantitative estimate of drug-likeness (QED) is 0.469. The molecule has 0 atom stereocenters. The molecule has 32 heavy (non-hydrogen) atoms. The normalized spacial score (nSPS) is 11.3. The van der Waals surface area contributed by atoms with E-state index in [2.05, 4.69) is 10.4 Å². The maximum absolute atomic E-state index is 13.4. The Bertz CT molecular complexity index is 1350. The zero-order chi connectivity index (χ0) is 22.7. The Kier molecular flexibility index (Phi) is 5.85.